The van der Waals surface area contributed by atoms with Crippen molar-refractivity contribution in [3.05, 3.63) is 59.3 Å². The molecule has 0 saturated heterocycles. The summed E-state index contributed by atoms with van der Waals surface area (Å²) in [6.45, 7) is -0.389. The second kappa shape index (κ2) is 5.86. The van der Waals surface area contributed by atoms with Crippen LogP contribution >= 0.6 is 0 Å². The molecule has 0 fully saturated rings. The van der Waals surface area contributed by atoms with Gasteiger partial charge in [0.15, 0.2) is 18.1 Å². The van der Waals surface area contributed by atoms with Crippen LogP contribution in [0.1, 0.15) is 26.4 Å². The van der Waals surface area contributed by atoms with Gasteiger partial charge in [-0.25, -0.2) is 4.79 Å². The van der Waals surface area contributed by atoms with Crippen molar-refractivity contribution in [1.29, 1.82) is 0 Å². The number of aromatic nitrogens is 2. The lowest BCUT2D eigenvalue weighted by Crippen LogP contribution is -2.15. The van der Waals surface area contributed by atoms with E-state index in [4.69, 9.17) is 4.74 Å². The van der Waals surface area contributed by atoms with Gasteiger partial charge in [-0.2, -0.15) is 5.10 Å². The molecule has 124 valence electrons. The molecule has 1 aliphatic rings. The number of ether oxygens (including phenoxy) is 1. The number of nitrogens with zero attached hydrogens (tertiary/aromatic N) is 1. The van der Waals surface area contributed by atoms with E-state index in [1.807, 2.05) is 6.07 Å². The van der Waals surface area contributed by atoms with E-state index in [0.29, 0.717) is 16.6 Å². The largest absolute Gasteiger partial charge is 0.452 e. The molecule has 0 aliphatic carbocycles. The summed E-state index contributed by atoms with van der Waals surface area (Å²) in [6, 6.07) is 12.1. The molecule has 3 aromatic rings. The van der Waals surface area contributed by atoms with Crippen LogP contribution in [0.4, 0.5) is 5.69 Å². The van der Waals surface area contributed by atoms with Gasteiger partial charge < -0.3 is 10.1 Å². The minimum Gasteiger partial charge on any atom is -0.452 e. The van der Waals surface area contributed by atoms with E-state index in [-0.39, 0.29) is 30.4 Å². The van der Waals surface area contributed by atoms with Crippen LogP contribution in [0.25, 0.3) is 10.9 Å². The SMILES string of the molecule is O=C1Cc2cc(C(=O)COC(=O)c3n[nH]c4ccccc34)ccc2N1. The van der Waals surface area contributed by atoms with Crippen molar-refractivity contribution in [2.45, 2.75) is 6.42 Å². The van der Waals surface area contributed by atoms with Crippen molar-refractivity contribution in [3.8, 4) is 0 Å². The van der Waals surface area contributed by atoms with Crippen LogP contribution in [0, 0.1) is 0 Å². The van der Waals surface area contributed by atoms with Gasteiger partial charge in [0.25, 0.3) is 0 Å². The lowest BCUT2D eigenvalue weighted by Gasteiger charge is -2.05. The molecular weight excluding hydrogens is 322 g/mol. The third-order valence-electron chi connectivity index (χ3n) is 4.05. The third kappa shape index (κ3) is 2.76. The molecule has 2 heterocycles. The van der Waals surface area contributed by atoms with Crippen LogP contribution in [0.5, 0.6) is 0 Å². The van der Waals surface area contributed by atoms with Crippen LogP contribution in [0.15, 0.2) is 42.5 Å². The van der Waals surface area contributed by atoms with E-state index in [2.05, 4.69) is 15.5 Å². The Morgan fingerprint density at radius 1 is 1.16 bits per heavy atom. The summed E-state index contributed by atoms with van der Waals surface area (Å²) < 4.78 is 5.10. The van der Waals surface area contributed by atoms with E-state index in [1.54, 1.807) is 36.4 Å². The first-order valence-electron chi connectivity index (χ1n) is 7.68. The van der Waals surface area contributed by atoms with Crippen LogP contribution in [0.3, 0.4) is 0 Å². The average Bonchev–Trinajstić information content (AvgIpc) is 3.21. The molecule has 0 spiro atoms. The van der Waals surface area contributed by atoms with E-state index in [0.717, 1.165) is 11.1 Å². The number of nitrogens with one attached hydrogen (secondary N) is 2. The Kier molecular flexibility index (Phi) is 3.53. The smallest absolute Gasteiger partial charge is 0.359 e. The summed E-state index contributed by atoms with van der Waals surface area (Å²) >= 11 is 0. The second-order valence-corrected chi connectivity index (χ2v) is 5.71. The molecule has 1 amide bonds. The number of para-hydroxylation sites is 1. The number of carbonyl (C=O) groups is 3. The maximum atomic E-state index is 12.3. The van der Waals surface area contributed by atoms with Crippen molar-refractivity contribution in [2.75, 3.05) is 11.9 Å². The summed E-state index contributed by atoms with van der Waals surface area (Å²) in [7, 11) is 0. The molecule has 7 heteroatoms. The number of anilines is 1. The van der Waals surface area contributed by atoms with Gasteiger partial charge in [-0.3, -0.25) is 14.7 Å². The number of rotatable bonds is 4. The van der Waals surface area contributed by atoms with Gasteiger partial charge in [-0.05, 0) is 29.8 Å². The molecule has 4 rings (SSSR count). The maximum absolute atomic E-state index is 12.3. The lowest BCUT2D eigenvalue weighted by atomic mass is 10.1. The molecular formula is C18H13N3O4. The fourth-order valence-electron chi connectivity index (χ4n) is 2.80. The van der Waals surface area contributed by atoms with Gasteiger partial charge in [-0.15, -0.1) is 0 Å². The Labute approximate surface area is 142 Å². The number of fused-ring (bicyclic) bond motifs is 2. The predicted octanol–water partition coefficient (Wildman–Crippen LogP) is 2.10. The van der Waals surface area contributed by atoms with Crippen molar-refractivity contribution in [1.82, 2.24) is 10.2 Å². The first-order valence-corrected chi connectivity index (χ1v) is 7.68. The summed E-state index contributed by atoms with van der Waals surface area (Å²) in [5.74, 6) is -1.10. The zero-order chi connectivity index (χ0) is 17.4. The van der Waals surface area contributed by atoms with Crippen molar-refractivity contribution in [2.24, 2.45) is 0 Å². The highest BCUT2D eigenvalue weighted by Gasteiger charge is 2.21. The minimum atomic E-state index is -0.663. The van der Waals surface area contributed by atoms with Gasteiger partial charge in [-0.1, -0.05) is 18.2 Å². The minimum absolute atomic E-state index is 0.101. The third-order valence-corrected chi connectivity index (χ3v) is 4.05. The zero-order valence-electron chi connectivity index (χ0n) is 13.0. The molecule has 1 aliphatic heterocycles. The predicted molar refractivity (Wildman–Crippen MR) is 89.5 cm³/mol. The van der Waals surface area contributed by atoms with Gasteiger partial charge in [0.05, 0.1) is 11.9 Å². The van der Waals surface area contributed by atoms with Crippen LogP contribution < -0.4 is 5.32 Å². The number of Topliss-reactive ketones (excluding diaryl/α,β-unsaturated/α-hetero) is 1. The summed E-state index contributed by atoms with van der Waals surface area (Å²) in [5, 5.41) is 10.0. The summed E-state index contributed by atoms with van der Waals surface area (Å²) in [6.07, 6.45) is 0.246. The fraction of sp³-hybridized carbons (Fsp3) is 0.111. The molecule has 0 unspecified atom stereocenters. The number of hydrogen-bond acceptors (Lipinski definition) is 5. The average molecular weight is 335 g/mol. The highest BCUT2D eigenvalue weighted by molar-refractivity contribution is 6.05. The molecule has 0 atom stereocenters. The van der Waals surface area contributed by atoms with Gasteiger partial charge in [0, 0.05) is 16.6 Å². The number of ketones is 1. The van der Waals surface area contributed by atoms with Crippen LogP contribution in [0.2, 0.25) is 0 Å². The topological polar surface area (TPSA) is 101 Å². The Morgan fingerprint density at radius 3 is 2.88 bits per heavy atom. The lowest BCUT2D eigenvalue weighted by molar-refractivity contribution is -0.115. The molecule has 0 radical (unpaired) electrons. The molecule has 25 heavy (non-hydrogen) atoms. The van der Waals surface area contributed by atoms with E-state index in [9.17, 15) is 14.4 Å². The fourth-order valence-corrected chi connectivity index (χ4v) is 2.80. The standard InChI is InChI=1S/C18H13N3O4/c22-15(10-5-6-13-11(7-10)8-16(23)19-13)9-25-18(24)17-12-3-1-2-4-14(12)20-21-17/h1-7H,8-9H2,(H,19,23)(H,20,21). The Morgan fingerprint density at radius 2 is 2.00 bits per heavy atom. The second-order valence-electron chi connectivity index (χ2n) is 5.71. The van der Waals surface area contributed by atoms with Crippen molar-refractivity contribution < 1.29 is 19.1 Å². The number of esters is 1. The van der Waals surface area contributed by atoms with E-state index < -0.39 is 5.97 Å². The highest BCUT2D eigenvalue weighted by atomic mass is 16.5. The molecule has 7 nitrogen and oxygen atoms in total. The summed E-state index contributed by atoms with van der Waals surface area (Å²) in [5.41, 5.74) is 2.74. The van der Waals surface area contributed by atoms with Crippen LogP contribution in [-0.2, 0) is 16.0 Å². The van der Waals surface area contributed by atoms with Gasteiger partial charge in [0.2, 0.25) is 5.91 Å². The first-order chi connectivity index (χ1) is 12.1. The van der Waals surface area contributed by atoms with Gasteiger partial charge >= 0.3 is 5.97 Å². The number of carbonyl (C=O) groups excluding carboxylic acids is 3. The Bertz CT molecular complexity index is 1020. The normalized spacial score (nSPS) is 12.7. The molecule has 1 aromatic heterocycles. The number of H-pyrrole nitrogens is 1. The molecule has 2 N–H and O–H groups in total. The molecule has 0 saturated carbocycles. The quantitative estimate of drug-likeness (QED) is 0.561. The maximum Gasteiger partial charge on any atom is 0.359 e. The van der Waals surface area contributed by atoms with Crippen LogP contribution in [-0.4, -0.2) is 34.5 Å². The number of aromatic amines is 1. The van der Waals surface area contributed by atoms with Crippen molar-refractivity contribution in [3.63, 3.8) is 0 Å². The highest BCUT2D eigenvalue weighted by Crippen LogP contribution is 2.24. The molecule has 0 bridgehead atoms. The number of hydrogen-bond donors (Lipinski definition) is 2. The zero-order valence-corrected chi connectivity index (χ0v) is 13.0. The van der Waals surface area contributed by atoms with Gasteiger partial charge in [0.1, 0.15) is 0 Å². The Balaban J connectivity index is 1.46. The Hall–Kier alpha value is -3.48. The summed E-state index contributed by atoms with van der Waals surface area (Å²) in [4.78, 5) is 35.8. The van der Waals surface area contributed by atoms with E-state index in [1.165, 1.54) is 0 Å². The monoisotopic (exact) mass is 335 g/mol. The number of benzene rings is 2. The molecule has 2 aromatic carbocycles. The number of amides is 1. The van der Waals surface area contributed by atoms with E-state index >= 15 is 0 Å². The first kappa shape index (κ1) is 15.1. The van der Waals surface area contributed by atoms with Crippen molar-refractivity contribution >= 4 is 34.3 Å².